The molecule has 8 nitrogen and oxygen atoms in total. The number of furan rings is 1. The molecular weight excluding hydrogens is 559 g/mol. The molecule has 1 atom stereocenters. The van der Waals surface area contributed by atoms with Crippen LogP contribution in [0.2, 0.25) is 10.0 Å². The topological polar surface area (TPSA) is 116 Å². The molecular formula is C28H24Cl2N4O4S. The summed E-state index contributed by atoms with van der Waals surface area (Å²) in [5.41, 5.74) is 1.96. The van der Waals surface area contributed by atoms with E-state index in [4.69, 9.17) is 32.4 Å². The van der Waals surface area contributed by atoms with E-state index in [0.29, 0.717) is 45.2 Å². The number of amides is 2. The van der Waals surface area contributed by atoms with Gasteiger partial charge in [0.1, 0.15) is 11.5 Å². The van der Waals surface area contributed by atoms with Crippen molar-refractivity contribution in [2.45, 2.75) is 19.8 Å². The molecule has 0 saturated heterocycles. The smallest absolute Gasteiger partial charge is 0.254 e. The van der Waals surface area contributed by atoms with Crippen LogP contribution in [0.5, 0.6) is 5.75 Å². The van der Waals surface area contributed by atoms with Crippen molar-refractivity contribution in [1.29, 1.82) is 5.26 Å². The Kier molecular flexibility index (Phi) is 9.25. The van der Waals surface area contributed by atoms with Crippen molar-refractivity contribution in [3.63, 3.8) is 0 Å². The predicted molar refractivity (Wildman–Crippen MR) is 154 cm³/mol. The number of ether oxygens (including phenoxy) is 1. The SMILES string of the molecule is CCOc1ccccc1NC(=O)CSC1=C(C#N)[C@H](c2ccco2)C(C(=O)Nc2ccc(Cl)cc2Cl)=C(C)N1. The van der Waals surface area contributed by atoms with E-state index in [1.165, 1.54) is 12.3 Å². The molecule has 2 heterocycles. The lowest BCUT2D eigenvalue weighted by Gasteiger charge is -2.28. The second-order valence-electron chi connectivity index (χ2n) is 8.31. The minimum absolute atomic E-state index is 0.00798. The van der Waals surface area contributed by atoms with Gasteiger partial charge in [-0.2, -0.15) is 5.26 Å². The molecule has 0 bridgehead atoms. The Hall–Kier alpha value is -3.84. The summed E-state index contributed by atoms with van der Waals surface area (Å²) in [5.74, 6) is -0.564. The van der Waals surface area contributed by atoms with E-state index in [1.807, 2.05) is 13.0 Å². The maximum atomic E-state index is 13.5. The van der Waals surface area contributed by atoms with E-state index in [2.05, 4.69) is 22.0 Å². The Morgan fingerprint density at radius 3 is 2.62 bits per heavy atom. The van der Waals surface area contributed by atoms with E-state index < -0.39 is 11.8 Å². The van der Waals surface area contributed by atoms with E-state index >= 15 is 0 Å². The van der Waals surface area contributed by atoms with E-state index in [9.17, 15) is 14.9 Å². The highest BCUT2D eigenvalue weighted by Gasteiger charge is 2.36. The first kappa shape index (κ1) is 28.2. The highest BCUT2D eigenvalue weighted by atomic mass is 35.5. The maximum Gasteiger partial charge on any atom is 0.254 e. The van der Waals surface area contributed by atoms with Crippen LogP contribution in [0, 0.1) is 11.3 Å². The summed E-state index contributed by atoms with van der Waals surface area (Å²) in [5, 5.41) is 20.1. The first-order chi connectivity index (χ1) is 18.8. The fraction of sp³-hybridized carbons (Fsp3) is 0.179. The summed E-state index contributed by atoms with van der Waals surface area (Å²) >= 11 is 13.4. The third-order valence-corrected chi connectivity index (χ3v) is 7.27. The van der Waals surface area contributed by atoms with Gasteiger partial charge in [0.25, 0.3) is 5.91 Å². The third kappa shape index (κ3) is 6.60. The normalized spacial score (nSPS) is 14.9. The van der Waals surface area contributed by atoms with Gasteiger partial charge in [-0.25, -0.2) is 0 Å². The summed E-state index contributed by atoms with van der Waals surface area (Å²) in [6, 6.07) is 17.5. The Morgan fingerprint density at radius 1 is 1.13 bits per heavy atom. The summed E-state index contributed by atoms with van der Waals surface area (Å²) in [6.45, 7) is 4.05. The van der Waals surface area contributed by atoms with Crippen molar-refractivity contribution < 1.29 is 18.7 Å². The fourth-order valence-electron chi connectivity index (χ4n) is 4.02. The highest BCUT2D eigenvalue weighted by molar-refractivity contribution is 8.03. The van der Waals surface area contributed by atoms with Crippen LogP contribution in [-0.4, -0.2) is 24.2 Å². The Balaban J connectivity index is 1.58. The zero-order valence-corrected chi connectivity index (χ0v) is 23.3. The predicted octanol–water partition coefficient (Wildman–Crippen LogP) is 6.69. The van der Waals surface area contributed by atoms with Crippen LogP contribution in [-0.2, 0) is 9.59 Å². The molecule has 0 aliphatic carbocycles. The number of carbonyl (C=O) groups excluding carboxylic acids is 2. The second kappa shape index (κ2) is 12.8. The number of dihydropyridines is 1. The molecule has 3 aromatic rings. The Morgan fingerprint density at radius 2 is 1.92 bits per heavy atom. The van der Waals surface area contributed by atoms with Gasteiger partial charge in [0.15, 0.2) is 0 Å². The van der Waals surface area contributed by atoms with E-state index in [1.54, 1.807) is 49.4 Å². The van der Waals surface area contributed by atoms with Crippen molar-refractivity contribution in [2.75, 3.05) is 23.0 Å². The molecule has 39 heavy (non-hydrogen) atoms. The number of anilines is 2. The molecule has 1 aliphatic heterocycles. The van der Waals surface area contributed by atoms with Gasteiger partial charge >= 0.3 is 0 Å². The number of carbonyl (C=O) groups is 2. The number of nitrogens with zero attached hydrogens (tertiary/aromatic N) is 1. The molecule has 11 heteroatoms. The average molecular weight is 583 g/mol. The third-order valence-electron chi connectivity index (χ3n) is 5.71. The quantitative estimate of drug-likeness (QED) is 0.257. The molecule has 0 fully saturated rings. The van der Waals surface area contributed by atoms with Crippen LogP contribution in [0.25, 0.3) is 0 Å². The van der Waals surface area contributed by atoms with Crippen molar-refractivity contribution in [3.8, 4) is 11.8 Å². The standard InChI is InChI=1S/C28H24Cl2N4O4S/c1-3-37-22-8-5-4-7-21(22)33-24(35)15-39-28-18(14-31)26(23-9-6-12-38-23)25(16(2)32-28)27(36)34-20-11-10-17(29)13-19(20)30/h4-13,26,32H,3,15H2,1-2H3,(H,33,35)(H,34,36)/t26-/m1/s1. The van der Waals surface area contributed by atoms with Crippen LogP contribution in [0.4, 0.5) is 11.4 Å². The van der Waals surface area contributed by atoms with Gasteiger partial charge in [0.05, 0.1) is 63.2 Å². The van der Waals surface area contributed by atoms with Crippen LogP contribution in [0.15, 0.2) is 87.1 Å². The first-order valence-corrected chi connectivity index (χ1v) is 13.6. The summed E-state index contributed by atoms with van der Waals surface area (Å²) in [6.07, 6.45) is 1.48. The van der Waals surface area contributed by atoms with Crippen molar-refractivity contribution in [1.82, 2.24) is 5.32 Å². The van der Waals surface area contributed by atoms with Crippen LogP contribution in [0.1, 0.15) is 25.5 Å². The van der Waals surface area contributed by atoms with Gasteiger partial charge in [-0.05, 0) is 56.3 Å². The number of nitrogens with one attached hydrogen (secondary N) is 3. The van der Waals surface area contributed by atoms with Gasteiger partial charge < -0.3 is 25.1 Å². The highest BCUT2D eigenvalue weighted by Crippen LogP contribution is 2.41. The fourth-order valence-corrected chi connectivity index (χ4v) is 5.37. The number of allylic oxidation sites excluding steroid dienone is 2. The van der Waals surface area contributed by atoms with Crippen molar-refractivity contribution in [2.24, 2.45) is 0 Å². The van der Waals surface area contributed by atoms with E-state index in [0.717, 1.165) is 11.8 Å². The molecule has 4 rings (SSSR count). The van der Waals surface area contributed by atoms with E-state index in [-0.39, 0.29) is 27.8 Å². The second-order valence-corrected chi connectivity index (χ2v) is 10.1. The maximum absolute atomic E-state index is 13.5. The number of halogens is 2. The lowest BCUT2D eigenvalue weighted by molar-refractivity contribution is -0.114. The van der Waals surface area contributed by atoms with Gasteiger partial charge in [-0.15, -0.1) is 0 Å². The Labute approximate surface area is 240 Å². The molecule has 3 N–H and O–H groups in total. The summed E-state index contributed by atoms with van der Waals surface area (Å²) in [4.78, 5) is 26.3. The van der Waals surface area contributed by atoms with Crippen LogP contribution < -0.4 is 20.7 Å². The molecule has 1 aromatic heterocycles. The number of hydrogen-bond acceptors (Lipinski definition) is 7. The molecule has 2 amide bonds. The number of para-hydroxylation sites is 2. The summed E-state index contributed by atoms with van der Waals surface area (Å²) < 4.78 is 11.2. The minimum Gasteiger partial charge on any atom is -0.492 e. The molecule has 0 radical (unpaired) electrons. The monoisotopic (exact) mass is 582 g/mol. The van der Waals surface area contributed by atoms with Crippen LogP contribution in [0.3, 0.4) is 0 Å². The minimum atomic E-state index is -0.804. The van der Waals surface area contributed by atoms with Crippen molar-refractivity contribution in [3.05, 3.63) is 98.5 Å². The van der Waals surface area contributed by atoms with Crippen molar-refractivity contribution >= 4 is 58.2 Å². The molecule has 0 spiro atoms. The van der Waals surface area contributed by atoms with Gasteiger partial charge in [-0.3, -0.25) is 9.59 Å². The van der Waals surface area contributed by atoms with Gasteiger partial charge in [0.2, 0.25) is 5.91 Å². The number of nitriles is 1. The zero-order chi connectivity index (χ0) is 27.9. The molecule has 0 unspecified atom stereocenters. The number of benzene rings is 2. The molecule has 0 saturated carbocycles. The zero-order valence-electron chi connectivity index (χ0n) is 21.0. The molecule has 1 aliphatic rings. The lowest BCUT2D eigenvalue weighted by atomic mass is 9.85. The lowest BCUT2D eigenvalue weighted by Crippen LogP contribution is -2.31. The molecule has 2 aromatic carbocycles. The molecule has 200 valence electrons. The number of rotatable bonds is 9. The summed E-state index contributed by atoms with van der Waals surface area (Å²) in [7, 11) is 0. The van der Waals surface area contributed by atoms with Crippen LogP contribution >= 0.6 is 35.0 Å². The largest absolute Gasteiger partial charge is 0.492 e. The number of thioether (sulfide) groups is 1. The van der Waals surface area contributed by atoms with Gasteiger partial charge in [-0.1, -0.05) is 47.1 Å². The Bertz CT molecular complexity index is 1500. The van der Waals surface area contributed by atoms with Gasteiger partial charge in [0, 0.05) is 10.7 Å². The average Bonchev–Trinajstić information content (AvgIpc) is 3.44. The first-order valence-electron chi connectivity index (χ1n) is 11.9. The number of hydrogen-bond donors (Lipinski definition) is 3.